The molecule has 116 valence electrons. The second-order valence-corrected chi connectivity index (χ2v) is 7.50. The molecule has 2 aromatic rings. The molecule has 22 heavy (non-hydrogen) atoms. The SMILES string of the molecule is Cc1ccc(C)c(CN2CCc3cc(S(N)(=O)=O)ccc32)c1. The van der Waals surface area contributed by atoms with Gasteiger partial charge in [-0.05, 0) is 55.2 Å². The Morgan fingerprint density at radius 3 is 2.64 bits per heavy atom. The van der Waals surface area contributed by atoms with Crippen LogP contribution in [0.3, 0.4) is 0 Å². The first-order chi connectivity index (χ1) is 10.3. The van der Waals surface area contributed by atoms with Crippen LogP contribution in [-0.4, -0.2) is 15.0 Å². The van der Waals surface area contributed by atoms with Gasteiger partial charge in [-0.1, -0.05) is 23.8 Å². The van der Waals surface area contributed by atoms with Gasteiger partial charge >= 0.3 is 0 Å². The van der Waals surface area contributed by atoms with Gasteiger partial charge in [-0.2, -0.15) is 0 Å². The summed E-state index contributed by atoms with van der Waals surface area (Å²) in [5, 5.41) is 5.20. The highest BCUT2D eigenvalue weighted by Gasteiger charge is 2.21. The molecule has 2 aromatic carbocycles. The molecule has 0 amide bonds. The fraction of sp³-hybridized carbons (Fsp3) is 0.294. The molecule has 4 nitrogen and oxygen atoms in total. The van der Waals surface area contributed by atoms with Gasteiger partial charge in [-0.15, -0.1) is 0 Å². The van der Waals surface area contributed by atoms with Crippen LogP contribution in [0, 0.1) is 13.8 Å². The van der Waals surface area contributed by atoms with Gasteiger partial charge in [0.1, 0.15) is 0 Å². The summed E-state index contributed by atoms with van der Waals surface area (Å²) in [6.07, 6.45) is 0.851. The van der Waals surface area contributed by atoms with E-state index < -0.39 is 10.0 Å². The molecule has 0 bridgehead atoms. The second-order valence-electron chi connectivity index (χ2n) is 5.94. The van der Waals surface area contributed by atoms with Crippen molar-refractivity contribution in [2.24, 2.45) is 5.14 Å². The van der Waals surface area contributed by atoms with Crippen LogP contribution < -0.4 is 10.0 Å². The Kier molecular flexibility index (Phi) is 3.70. The lowest BCUT2D eigenvalue weighted by Gasteiger charge is -2.21. The van der Waals surface area contributed by atoms with E-state index in [1.165, 1.54) is 16.7 Å². The van der Waals surface area contributed by atoms with E-state index in [0.717, 1.165) is 30.8 Å². The molecule has 0 fully saturated rings. The number of benzene rings is 2. The number of hydrogen-bond donors (Lipinski definition) is 1. The van der Waals surface area contributed by atoms with E-state index in [1.54, 1.807) is 12.1 Å². The van der Waals surface area contributed by atoms with E-state index in [2.05, 4.69) is 36.9 Å². The molecule has 0 atom stereocenters. The highest BCUT2D eigenvalue weighted by molar-refractivity contribution is 7.89. The third kappa shape index (κ3) is 2.87. The first-order valence-corrected chi connectivity index (χ1v) is 8.86. The number of sulfonamides is 1. The number of rotatable bonds is 3. The molecular weight excluding hydrogens is 296 g/mol. The van der Waals surface area contributed by atoms with Crippen molar-refractivity contribution in [1.82, 2.24) is 0 Å². The molecule has 0 unspecified atom stereocenters. The van der Waals surface area contributed by atoms with Gasteiger partial charge in [-0.3, -0.25) is 0 Å². The Morgan fingerprint density at radius 2 is 1.91 bits per heavy atom. The van der Waals surface area contributed by atoms with E-state index in [4.69, 9.17) is 5.14 Å². The van der Waals surface area contributed by atoms with Crippen LogP contribution in [0.25, 0.3) is 0 Å². The summed E-state index contributed by atoms with van der Waals surface area (Å²) in [6.45, 7) is 5.96. The second kappa shape index (κ2) is 5.41. The van der Waals surface area contributed by atoms with Crippen LogP contribution in [0.1, 0.15) is 22.3 Å². The average molecular weight is 316 g/mol. The molecule has 0 radical (unpaired) electrons. The summed E-state index contributed by atoms with van der Waals surface area (Å²) in [4.78, 5) is 2.49. The molecule has 1 aliphatic rings. The van der Waals surface area contributed by atoms with Gasteiger partial charge in [0.25, 0.3) is 0 Å². The predicted molar refractivity (Wildman–Crippen MR) is 88.5 cm³/mol. The molecule has 0 saturated heterocycles. The zero-order valence-corrected chi connectivity index (χ0v) is 13.7. The highest BCUT2D eigenvalue weighted by atomic mass is 32.2. The molecule has 3 rings (SSSR count). The third-order valence-electron chi connectivity index (χ3n) is 4.24. The Balaban J connectivity index is 1.90. The van der Waals surface area contributed by atoms with E-state index in [0.29, 0.717) is 0 Å². The fourth-order valence-electron chi connectivity index (χ4n) is 2.96. The Bertz CT molecular complexity index is 829. The molecule has 0 spiro atoms. The van der Waals surface area contributed by atoms with Crippen molar-refractivity contribution in [2.45, 2.75) is 31.7 Å². The van der Waals surface area contributed by atoms with Crippen molar-refractivity contribution < 1.29 is 8.42 Å². The summed E-state index contributed by atoms with van der Waals surface area (Å²) in [6, 6.07) is 11.6. The lowest BCUT2D eigenvalue weighted by Crippen LogP contribution is -2.20. The summed E-state index contributed by atoms with van der Waals surface area (Å²) in [5.74, 6) is 0. The lowest BCUT2D eigenvalue weighted by molar-refractivity contribution is 0.597. The Labute approximate surface area is 131 Å². The number of fused-ring (bicyclic) bond motifs is 1. The molecular formula is C17H20N2O2S. The van der Waals surface area contributed by atoms with Gasteiger partial charge in [0.2, 0.25) is 10.0 Å². The van der Waals surface area contributed by atoms with E-state index in [1.807, 2.05) is 6.07 Å². The summed E-state index contributed by atoms with van der Waals surface area (Å²) >= 11 is 0. The maximum Gasteiger partial charge on any atom is 0.238 e. The molecule has 1 heterocycles. The third-order valence-corrected chi connectivity index (χ3v) is 5.15. The molecule has 2 N–H and O–H groups in total. The highest BCUT2D eigenvalue weighted by Crippen LogP contribution is 2.31. The maximum absolute atomic E-state index is 11.5. The molecule has 1 aliphatic heterocycles. The van der Waals surface area contributed by atoms with E-state index in [-0.39, 0.29) is 4.90 Å². The summed E-state index contributed by atoms with van der Waals surface area (Å²) in [7, 11) is -3.63. The molecule has 5 heteroatoms. The van der Waals surface area contributed by atoms with Crippen molar-refractivity contribution in [3.63, 3.8) is 0 Å². The van der Waals surface area contributed by atoms with Crippen LogP contribution in [0.4, 0.5) is 5.69 Å². The minimum Gasteiger partial charge on any atom is -0.367 e. The number of aryl methyl sites for hydroxylation is 2. The Hall–Kier alpha value is -1.85. The molecule has 0 aliphatic carbocycles. The van der Waals surface area contributed by atoms with Crippen molar-refractivity contribution in [2.75, 3.05) is 11.4 Å². The first-order valence-electron chi connectivity index (χ1n) is 7.31. The smallest absolute Gasteiger partial charge is 0.238 e. The van der Waals surface area contributed by atoms with Crippen molar-refractivity contribution in [3.8, 4) is 0 Å². The molecule has 0 saturated carbocycles. The van der Waals surface area contributed by atoms with Gasteiger partial charge in [-0.25, -0.2) is 13.6 Å². The largest absolute Gasteiger partial charge is 0.367 e. The summed E-state index contributed by atoms with van der Waals surface area (Å²) in [5.41, 5.74) is 6.00. The van der Waals surface area contributed by atoms with Crippen molar-refractivity contribution >= 4 is 15.7 Å². The topological polar surface area (TPSA) is 63.4 Å². The van der Waals surface area contributed by atoms with Gasteiger partial charge in [0, 0.05) is 18.8 Å². The van der Waals surface area contributed by atoms with Crippen LogP contribution in [0.15, 0.2) is 41.3 Å². The first kappa shape index (κ1) is 15.1. The quantitative estimate of drug-likeness (QED) is 0.946. The number of nitrogens with zero attached hydrogens (tertiary/aromatic N) is 1. The van der Waals surface area contributed by atoms with E-state index in [9.17, 15) is 8.42 Å². The van der Waals surface area contributed by atoms with Crippen molar-refractivity contribution in [1.29, 1.82) is 0 Å². The monoisotopic (exact) mass is 316 g/mol. The number of anilines is 1. The minimum absolute atomic E-state index is 0.194. The van der Waals surface area contributed by atoms with Crippen molar-refractivity contribution in [3.05, 3.63) is 58.7 Å². The number of hydrogen-bond acceptors (Lipinski definition) is 3. The zero-order chi connectivity index (χ0) is 15.9. The lowest BCUT2D eigenvalue weighted by atomic mass is 10.1. The Morgan fingerprint density at radius 1 is 1.14 bits per heavy atom. The van der Waals surface area contributed by atoms with Crippen LogP contribution in [0.2, 0.25) is 0 Å². The van der Waals surface area contributed by atoms with Crippen LogP contribution >= 0.6 is 0 Å². The van der Waals surface area contributed by atoms with Gasteiger partial charge < -0.3 is 4.90 Å². The van der Waals surface area contributed by atoms with Crippen LogP contribution in [0.5, 0.6) is 0 Å². The molecule has 0 aromatic heterocycles. The minimum atomic E-state index is -3.63. The van der Waals surface area contributed by atoms with E-state index >= 15 is 0 Å². The zero-order valence-electron chi connectivity index (χ0n) is 12.8. The fourth-order valence-corrected chi connectivity index (χ4v) is 3.53. The summed E-state index contributed by atoms with van der Waals surface area (Å²) < 4.78 is 22.9. The van der Waals surface area contributed by atoms with Gasteiger partial charge in [0.05, 0.1) is 4.90 Å². The van der Waals surface area contributed by atoms with Crippen LogP contribution in [-0.2, 0) is 23.0 Å². The normalized spacial score (nSPS) is 14.2. The maximum atomic E-state index is 11.5. The number of primary sulfonamides is 1. The standard InChI is InChI=1S/C17H20N2O2S/c1-12-3-4-13(2)15(9-12)11-19-8-7-14-10-16(22(18,20)21)5-6-17(14)19/h3-6,9-10H,7-8,11H2,1-2H3,(H2,18,20,21). The van der Waals surface area contributed by atoms with Gasteiger partial charge in [0.15, 0.2) is 0 Å². The number of nitrogens with two attached hydrogens (primary N) is 1. The predicted octanol–water partition coefficient (Wildman–Crippen LogP) is 2.51. The average Bonchev–Trinajstić information content (AvgIpc) is 2.84.